The molecule has 1 aromatic heterocycles. The van der Waals surface area contributed by atoms with Crippen molar-refractivity contribution in [1.82, 2.24) is 9.78 Å². The Morgan fingerprint density at radius 1 is 0.962 bits per heavy atom. The third kappa shape index (κ3) is 4.10. The summed E-state index contributed by atoms with van der Waals surface area (Å²) in [5, 5.41) is 9.17. The van der Waals surface area contributed by atoms with Crippen LogP contribution in [0, 0.1) is 0 Å². The van der Waals surface area contributed by atoms with Crippen LogP contribution in [0.4, 0.5) is 5.69 Å². The number of sulfonamides is 2. The number of benzene rings is 2. The lowest BCUT2D eigenvalue weighted by Gasteiger charge is -2.13. The first-order valence-electron chi connectivity index (χ1n) is 7.47. The van der Waals surface area contributed by atoms with E-state index in [1.807, 2.05) is 0 Å². The van der Waals surface area contributed by atoms with E-state index in [2.05, 4.69) is 9.82 Å². The van der Waals surface area contributed by atoms with Crippen molar-refractivity contribution in [2.75, 3.05) is 4.72 Å². The number of rotatable bonds is 6. The zero-order chi connectivity index (χ0) is 18.8. The average molecular weight is 392 g/mol. The summed E-state index contributed by atoms with van der Waals surface area (Å²) in [5.41, 5.74) is 1.09. The van der Waals surface area contributed by atoms with E-state index in [1.165, 1.54) is 18.2 Å². The van der Waals surface area contributed by atoms with Crippen molar-refractivity contribution in [3.05, 3.63) is 72.6 Å². The zero-order valence-electron chi connectivity index (χ0n) is 13.5. The highest BCUT2D eigenvalue weighted by Gasteiger charge is 2.19. The van der Waals surface area contributed by atoms with E-state index in [-0.39, 0.29) is 9.79 Å². The number of hydrogen-bond acceptors (Lipinski definition) is 5. The third-order valence-corrected chi connectivity index (χ3v) is 5.87. The quantitative estimate of drug-likeness (QED) is 0.656. The molecule has 136 valence electrons. The Morgan fingerprint density at radius 2 is 1.69 bits per heavy atom. The summed E-state index contributed by atoms with van der Waals surface area (Å²) in [6.07, 6.45) is 3.40. The highest BCUT2D eigenvalue weighted by Crippen LogP contribution is 2.22. The molecule has 8 nitrogen and oxygen atoms in total. The van der Waals surface area contributed by atoms with Crippen LogP contribution in [0.1, 0.15) is 5.56 Å². The molecule has 10 heteroatoms. The van der Waals surface area contributed by atoms with Gasteiger partial charge in [0.25, 0.3) is 10.0 Å². The van der Waals surface area contributed by atoms with Crippen LogP contribution in [0.25, 0.3) is 0 Å². The molecule has 2 aromatic carbocycles. The lowest BCUT2D eigenvalue weighted by Crippen LogP contribution is -2.17. The second kappa shape index (κ2) is 6.90. The maximum atomic E-state index is 12.7. The highest BCUT2D eigenvalue weighted by molar-refractivity contribution is 7.93. The number of para-hydroxylation sites is 1. The molecule has 0 bridgehead atoms. The normalized spacial score (nSPS) is 12.0. The number of primary sulfonamides is 1. The van der Waals surface area contributed by atoms with Crippen molar-refractivity contribution in [2.24, 2.45) is 5.14 Å². The number of nitrogens with one attached hydrogen (secondary N) is 1. The van der Waals surface area contributed by atoms with Gasteiger partial charge in [-0.25, -0.2) is 22.0 Å². The minimum absolute atomic E-state index is 0.196. The summed E-state index contributed by atoms with van der Waals surface area (Å²) in [6.45, 7) is 0.378. The Labute approximate surface area is 151 Å². The zero-order valence-corrected chi connectivity index (χ0v) is 15.1. The molecular weight excluding hydrogens is 376 g/mol. The lowest BCUT2D eigenvalue weighted by atomic mass is 10.2. The van der Waals surface area contributed by atoms with Gasteiger partial charge in [-0.1, -0.05) is 24.3 Å². The second-order valence-corrected chi connectivity index (χ2v) is 8.73. The second-order valence-electron chi connectivity index (χ2n) is 5.49. The summed E-state index contributed by atoms with van der Waals surface area (Å²) >= 11 is 0. The van der Waals surface area contributed by atoms with Crippen molar-refractivity contribution in [3.8, 4) is 0 Å². The van der Waals surface area contributed by atoms with E-state index in [0.29, 0.717) is 17.8 Å². The highest BCUT2D eigenvalue weighted by atomic mass is 32.2. The molecule has 0 aliphatic carbocycles. The van der Waals surface area contributed by atoms with Crippen molar-refractivity contribution < 1.29 is 16.8 Å². The fourth-order valence-electron chi connectivity index (χ4n) is 2.35. The number of hydrogen-bond donors (Lipinski definition) is 2. The molecule has 0 saturated carbocycles. The van der Waals surface area contributed by atoms with Crippen molar-refractivity contribution >= 4 is 25.7 Å². The first-order chi connectivity index (χ1) is 12.3. The Morgan fingerprint density at radius 3 is 2.38 bits per heavy atom. The number of nitrogens with zero attached hydrogens (tertiary/aromatic N) is 2. The number of nitrogens with two attached hydrogens (primary N) is 1. The van der Waals surface area contributed by atoms with Crippen LogP contribution in [0.3, 0.4) is 0 Å². The molecule has 0 radical (unpaired) electrons. The molecular formula is C16H16N4O4S2. The molecule has 0 aliphatic rings. The molecule has 1 heterocycles. The van der Waals surface area contributed by atoms with Crippen molar-refractivity contribution in [3.63, 3.8) is 0 Å². The summed E-state index contributed by atoms with van der Waals surface area (Å²) in [7, 11) is -8.00. The fourth-order valence-corrected chi connectivity index (χ4v) is 4.13. The van der Waals surface area contributed by atoms with Gasteiger partial charge in [-0.15, -0.1) is 0 Å². The van der Waals surface area contributed by atoms with Gasteiger partial charge < -0.3 is 0 Å². The van der Waals surface area contributed by atoms with E-state index >= 15 is 0 Å². The van der Waals surface area contributed by atoms with Crippen LogP contribution in [-0.2, 0) is 26.6 Å². The minimum Gasteiger partial charge on any atom is -0.279 e. The minimum atomic E-state index is -4.00. The number of anilines is 1. The molecule has 3 rings (SSSR count). The van der Waals surface area contributed by atoms with Gasteiger partial charge >= 0.3 is 0 Å². The average Bonchev–Trinajstić information content (AvgIpc) is 3.09. The largest absolute Gasteiger partial charge is 0.279 e. The lowest BCUT2D eigenvalue weighted by molar-refractivity contribution is 0.597. The van der Waals surface area contributed by atoms with Crippen LogP contribution < -0.4 is 9.86 Å². The van der Waals surface area contributed by atoms with E-state index in [0.717, 1.165) is 6.07 Å². The predicted octanol–water partition coefficient (Wildman–Crippen LogP) is 1.38. The summed E-state index contributed by atoms with van der Waals surface area (Å²) in [5.74, 6) is 0. The maximum Gasteiger partial charge on any atom is 0.261 e. The van der Waals surface area contributed by atoms with Crippen LogP contribution >= 0.6 is 0 Å². The molecule has 26 heavy (non-hydrogen) atoms. The van der Waals surface area contributed by atoms with Gasteiger partial charge in [0.15, 0.2) is 0 Å². The first kappa shape index (κ1) is 18.1. The standard InChI is InChI=1S/C16H16N4O4S2/c17-25(21,22)14-6-3-7-15(11-14)26(23,24)19-16-8-2-1-5-13(16)12-20-10-4-9-18-20/h1-11,19H,12H2,(H2,17,21,22). The Hall–Kier alpha value is -2.69. The van der Waals surface area contributed by atoms with Crippen LogP contribution in [-0.4, -0.2) is 26.6 Å². The van der Waals surface area contributed by atoms with Gasteiger partial charge in [-0.3, -0.25) is 9.40 Å². The van der Waals surface area contributed by atoms with Crippen LogP contribution in [0.5, 0.6) is 0 Å². The van der Waals surface area contributed by atoms with Crippen molar-refractivity contribution in [2.45, 2.75) is 16.3 Å². The molecule has 0 spiro atoms. The molecule has 3 N–H and O–H groups in total. The molecule has 0 unspecified atom stereocenters. The smallest absolute Gasteiger partial charge is 0.261 e. The van der Waals surface area contributed by atoms with E-state index < -0.39 is 20.0 Å². The number of aromatic nitrogens is 2. The monoisotopic (exact) mass is 392 g/mol. The van der Waals surface area contributed by atoms with E-state index in [9.17, 15) is 16.8 Å². The van der Waals surface area contributed by atoms with Gasteiger partial charge in [0.1, 0.15) is 0 Å². The molecule has 3 aromatic rings. The third-order valence-electron chi connectivity index (χ3n) is 3.60. The topological polar surface area (TPSA) is 124 Å². The van der Waals surface area contributed by atoms with E-state index in [1.54, 1.807) is 47.4 Å². The molecule has 0 atom stereocenters. The predicted molar refractivity (Wildman–Crippen MR) is 96.4 cm³/mol. The molecule has 0 fully saturated rings. The van der Waals surface area contributed by atoms with Crippen molar-refractivity contribution in [1.29, 1.82) is 0 Å². The Bertz CT molecular complexity index is 1120. The summed E-state index contributed by atoms with van der Waals surface area (Å²) < 4.78 is 52.4. The van der Waals surface area contributed by atoms with Crippen LogP contribution in [0.2, 0.25) is 0 Å². The molecule has 0 saturated heterocycles. The van der Waals surface area contributed by atoms with Crippen LogP contribution in [0.15, 0.2) is 76.8 Å². The first-order valence-corrected chi connectivity index (χ1v) is 10.5. The molecule has 0 aliphatic heterocycles. The van der Waals surface area contributed by atoms with Gasteiger partial charge in [-0.05, 0) is 35.9 Å². The van der Waals surface area contributed by atoms with Gasteiger partial charge in [0.2, 0.25) is 10.0 Å². The summed E-state index contributed by atoms with van der Waals surface area (Å²) in [6, 6.07) is 13.5. The van der Waals surface area contributed by atoms with Gasteiger partial charge in [0, 0.05) is 12.4 Å². The fraction of sp³-hybridized carbons (Fsp3) is 0.0625. The Balaban J connectivity index is 1.94. The Kier molecular flexibility index (Phi) is 4.81. The van der Waals surface area contributed by atoms with E-state index in [4.69, 9.17) is 5.14 Å². The van der Waals surface area contributed by atoms with Gasteiger partial charge in [-0.2, -0.15) is 5.10 Å². The SMILES string of the molecule is NS(=O)(=O)c1cccc(S(=O)(=O)Nc2ccccc2Cn2cccn2)c1. The summed E-state index contributed by atoms with van der Waals surface area (Å²) in [4.78, 5) is -0.469. The maximum absolute atomic E-state index is 12.7. The molecule has 0 amide bonds. The van der Waals surface area contributed by atoms with Gasteiger partial charge in [0.05, 0.1) is 22.0 Å².